The maximum absolute atomic E-state index is 13.7. The highest BCUT2D eigenvalue weighted by atomic mass is 35.5. The summed E-state index contributed by atoms with van der Waals surface area (Å²) < 4.78 is 28.5. The molecule has 0 fully saturated rings. The highest BCUT2D eigenvalue weighted by Gasteiger charge is 2.24. The standard InChI is InChI=1S/C23H14Cl2F2N3O2/c1-12-20(23(32)28-17-9-8-16(26)19(27)22(17)31)29-30(18-10-7-14(24)11-15(18)25)21(12)13-5-3-2-4-6-13/h3-11,31H,1H3,(H,28,32). The maximum atomic E-state index is 13.7. The first-order chi connectivity index (χ1) is 15.3. The molecule has 9 heteroatoms. The normalized spacial score (nSPS) is 10.9. The number of nitrogens with zero attached hydrogens (tertiary/aromatic N) is 2. The average Bonchev–Trinajstić information content (AvgIpc) is 3.11. The molecule has 161 valence electrons. The van der Waals surface area contributed by atoms with Crippen LogP contribution in [0.1, 0.15) is 16.1 Å². The van der Waals surface area contributed by atoms with E-state index in [-0.39, 0.29) is 11.4 Å². The van der Waals surface area contributed by atoms with Crippen LogP contribution in [0.5, 0.6) is 5.75 Å². The molecule has 0 saturated heterocycles. The number of carbonyl (C=O) groups excluding carboxylic acids is 1. The summed E-state index contributed by atoms with van der Waals surface area (Å²) in [7, 11) is 0. The van der Waals surface area contributed by atoms with Crippen LogP contribution in [-0.2, 0) is 0 Å². The summed E-state index contributed by atoms with van der Waals surface area (Å²) >= 11 is 12.4. The maximum Gasteiger partial charge on any atom is 0.276 e. The summed E-state index contributed by atoms with van der Waals surface area (Å²) in [5, 5.41) is 17.4. The molecular formula is C23H14Cl2F2N3O2. The van der Waals surface area contributed by atoms with Gasteiger partial charge in [-0.05, 0) is 43.3 Å². The van der Waals surface area contributed by atoms with Gasteiger partial charge in [0.1, 0.15) is 0 Å². The number of nitrogens with one attached hydrogen (secondary N) is 1. The van der Waals surface area contributed by atoms with Gasteiger partial charge in [-0.2, -0.15) is 9.49 Å². The fourth-order valence-electron chi connectivity index (χ4n) is 3.24. The van der Waals surface area contributed by atoms with E-state index in [1.54, 1.807) is 49.4 Å². The SMILES string of the molecule is Cc1c(C(=O)Nc2ccc(F)c(F)c2O)nn(-c2ccc(Cl)cc2Cl)c1-c1cc[c]cc1. The number of hydrogen-bond donors (Lipinski definition) is 2. The third-order valence-electron chi connectivity index (χ3n) is 4.78. The average molecular weight is 473 g/mol. The molecule has 1 radical (unpaired) electrons. The first-order valence-electron chi connectivity index (χ1n) is 9.27. The number of amides is 1. The van der Waals surface area contributed by atoms with Crippen molar-refractivity contribution in [3.8, 4) is 22.7 Å². The third kappa shape index (κ3) is 3.92. The molecule has 0 aliphatic heterocycles. The Labute approximate surface area is 191 Å². The van der Waals surface area contributed by atoms with Crippen molar-refractivity contribution in [1.82, 2.24) is 9.78 Å². The van der Waals surface area contributed by atoms with Crippen LogP contribution >= 0.6 is 23.2 Å². The topological polar surface area (TPSA) is 67.2 Å². The molecule has 0 bridgehead atoms. The van der Waals surface area contributed by atoms with Gasteiger partial charge in [0.25, 0.3) is 5.91 Å². The number of phenols is 1. The van der Waals surface area contributed by atoms with Crippen molar-refractivity contribution < 1.29 is 18.7 Å². The summed E-state index contributed by atoms with van der Waals surface area (Å²) in [5.74, 6) is -4.42. The largest absolute Gasteiger partial charge is 0.503 e. The molecular weight excluding hydrogens is 459 g/mol. The van der Waals surface area contributed by atoms with E-state index in [1.807, 2.05) is 0 Å². The zero-order chi connectivity index (χ0) is 23.0. The summed E-state index contributed by atoms with van der Waals surface area (Å²) in [6.45, 7) is 1.69. The number of carbonyl (C=O) groups is 1. The van der Waals surface area contributed by atoms with Gasteiger partial charge in [-0.3, -0.25) is 4.79 Å². The highest BCUT2D eigenvalue weighted by Crippen LogP contribution is 2.34. The van der Waals surface area contributed by atoms with Crippen LogP contribution in [0.25, 0.3) is 16.9 Å². The number of hydrogen-bond acceptors (Lipinski definition) is 3. The number of aromatic nitrogens is 2. The number of aromatic hydroxyl groups is 1. The van der Waals surface area contributed by atoms with Crippen molar-refractivity contribution in [2.45, 2.75) is 6.92 Å². The molecule has 0 unspecified atom stereocenters. The fraction of sp³-hybridized carbons (Fsp3) is 0.0435. The molecule has 1 heterocycles. The minimum atomic E-state index is -1.46. The van der Waals surface area contributed by atoms with Gasteiger partial charge in [-0.15, -0.1) is 0 Å². The Morgan fingerprint density at radius 2 is 1.84 bits per heavy atom. The predicted molar refractivity (Wildman–Crippen MR) is 119 cm³/mol. The number of halogens is 4. The second-order valence-corrected chi connectivity index (χ2v) is 7.67. The minimum Gasteiger partial charge on any atom is -0.503 e. The van der Waals surface area contributed by atoms with Crippen LogP contribution in [0.3, 0.4) is 0 Å². The molecule has 2 N–H and O–H groups in total. The summed E-state index contributed by atoms with van der Waals surface area (Å²) in [6, 6.07) is 16.7. The zero-order valence-corrected chi connectivity index (χ0v) is 18.0. The van der Waals surface area contributed by atoms with E-state index in [9.17, 15) is 18.7 Å². The van der Waals surface area contributed by atoms with Crippen LogP contribution < -0.4 is 5.32 Å². The van der Waals surface area contributed by atoms with Crippen LogP contribution in [0.2, 0.25) is 10.0 Å². The number of phenolic OH excluding ortho intramolecular Hbond substituents is 1. The molecule has 0 spiro atoms. The Bertz CT molecular complexity index is 1340. The summed E-state index contributed by atoms with van der Waals surface area (Å²) in [6.07, 6.45) is 0. The van der Waals surface area contributed by atoms with Crippen molar-refractivity contribution in [2.24, 2.45) is 0 Å². The molecule has 0 aliphatic rings. The number of anilines is 1. The molecule has 0 saturated carbocycles. The van der Waals surface area contributed by atoms with Crippen molar-refractivity contribution in [1.29, 1.82) is 0 Å². The van der Waals surface area contributed by atoms with Gasteiger partial charge in [-0.25, -0.2) is 9.07 Å². The number of rotatable bonds is 4. The summed E-state index contributed by atoms with van der Waals surface area (Å²) in [5.41, 5.74) is 2.03. The molecule has 5 nitrogen and oxygen atoms in total. The summed E-state index contributed by atoms with van der Waals surface area (Å²) in [4.78, 5) is 13.0. The lowest BCUT2D eigenvalue weighted by molar-refractivity contribution is 0.102. The van der Waals surface area contributed by atoms with E-state index in [0.29, 0.717) is 27.0 Å². The molecule has 0 aliphatic carbocycles. The molecule has 4 aromatic rings. The Hall–Kier alpha value is -3.42. The van der Waals surface area contributed by atoms with Gasteiger partial charge in [0, 0.05) is 16.1 Å². The highest BCUT2D eigenvalue weighted by molar-refractivity contribution is 6.35. The van der Waals surface area contributed by atoms with E-state index >= 15 is 0 Å². The molecule has 32 heavy (non-hydrogen) atoms. The van der Waals surface area contributed by atoms with Crippen LogP contribution in [0.15, 0.2) is 54.6 Å². The van der Waals surface area contributed by atoms with Gasteiger partial charge in [0.05, 0.1) is 22.1 Å². The lowest BCUT2D eigenvalue weighted by atomic mass is 10.1. The van der Waals surface area contributed by atoms with E-state index < -0.39 is 23.3 Å². The second kappa shape index (κ2) is 8.61. The Kier molecular flexibility index (Phi) is 5.86. The molecule has 1 aromatic heterocycles. The van der Waals surface area contributed by atoms with Crippen LogP contribution in [-0.4, -0.2) is 20.8 Å². The Morgan fingerprint density at radius 3 is 2.53 bits per heavy atom. The van der Waals surface area contributed by atoms with Gasteiger partial charge in [0.15, 0.2) is 17.3 Å². The lowest BCUT2D eigenvalue weighted by Crippen LogP contribution is -2.14. The lowest BCUT2D eigenvalue weighted by Gasteiger charge is -2.10. The van der Waals surface area contributed by atoms with Crippen molar-refractivity contribution in [2.75, 3.05) is 5.32 Å². The molecule has 3 aromatic carbocycles. The van der Waals surface area contributed by atoms with Gasteiger partial charge >= 0.3 is 0 Å². The fourth-order valence-corrected chi connectivity index (χ4v) is 3.73. The van der Waals surface area contributed by atoms with Crippen molar-refractivity contribution >= 4 is 34.8 Å². The second-order valence-electron chi connectivity index (χ2n) is 6.83. The van der Waals surface area contributed by atoms with Crippen molar-refractivity contribution in [3.63, 3.8) is 0 Å². The van der Waals surface area contributed by atoms with Gasteiger partial charge in [0.2, 0.25) is 5.82 Å². The van der Waals surface area contributed by atoms with Crippen LogP contribution in [0.4, 0.5) is 14.5 Å². The number of benzene rings is 3. The molecule has 0 atom stereocenters. The van der Waals surface area contributed by atoms with E-state index in [4.69, 9.17) is 23.2 Å². The third-order valence-corrected chi connectivity index (χ3v) is 5.32. The van der Waals surface area contributed by atoms with E-state index in [0.717, 1.165) is 17.7 Å². The molecule has 1 amide bonds. The van der Waals surface area contributed by atoms with E-state index in [1.165, 1.54) is 4.68 Å². The smallest absolute Gasteiger partial charge is 0.276 e. The Morgan fingerprint density at radius 1 is 1.12 bits per heavy atom. The monoisotopic (exact) mass is 472 g/mol. The van der Waals surface area contributed by atoms with Gasteiger partial charge in [-0.1, -0.05) is 47.5 Å². The first kappa shape index (κ1) is 21.8. The molecule has 4 rings (SSSR count). The van der Waals surface area contributed by atoms with E-state index in [2.05, 4.69) is 16.5 Å². The van der Waals surface area contributed by atoms with Crippen molar-refractivity contribution in [3.05, 3.63) is 93.6 Å². The minimum absolute atomic E-state index is 0.00276. The van der Waals surface area contributed by atoms with Crippen LogP contribution in [0, 0.1) is 24.6 Å². The predicted octanol–water partition coefficient (Wildman–Crippen LogP) is 6.19. The Balaban J connectivity index is 1.84. The van der Waals surface area contributed by atoms with Gasteiger partial charge < -0.3 is 10.4 Å². The zero-order valence-electron chi connectivity index (χ0n) is 16.5. The quantitative estimate of drug-likeness (QED) is 0.348. The first-order valence-corrected chi connectivity index (χ1v) is 10.0.